The molecule has 2 amide bonds. The van der Waals surface area contributed by atoms with Gasteiger partial charge in [0.2, 0.25) is 0 Å². The van der Waals surface area contributed by atoms with Crippen LogP contribution in [0.25, 0.3) is 6.08 Å². The van der Waals surface area contributed by atoms with Gasteiger partial charge in [-0.1, -0.05) is 30.3 Å². The van der Waals surface area contributed by atoms with E-state index < -0.39 is 17.6 Å². The predicted octanol–water partition coefficient (Wildman–Crippen LogP) is 3.32. The van der Waals surface area contributed by atoms with Gasteiger partial charge < -0.3 is 4.90 Å². The van der Waals surface area contributed by atoms with E-state index in [1.54, 1.807) is 0 Å². The number of alkyl halides is 3. The first kappa shape index (κ1) is 20.4. The molecule has 0 radical (unpaired) electrons. The van der Waals surface area contributed by atoms with Crippen LogP contribution in [0.5, 0.6) is 0 Å². The number of hydrogen-bond donors (Lipinski definition) is 2. The number of fused-ring (bicyclic) bond motifs is 1. The van der Waals surface area contributed by atoms with Gasteiger partial charge in [-0.2, -0.15) is 13.2 Å². The quantitative estimate of drug-likeness (QED) is 0.608. The van der Waals surface area contributed by atoms with Crippen LogP contribution in [0.3, 0.4) is 0 Å². The van der Waals surface area contributed by atoms with E-state index in [-0.39, 0.29) is 12.5 Å². The maximum atomic E-state index is 12.5. The van der Waals surface area contributed by atoms with Gasteiger partial charge in [-0.05, 0) is 48.2 Å². The van der Waals surface area contributed by atoms with Crippen molar-refractivity contribution in [2.75, 3.05) is 18.0 Å². The average Bonchev–Trinajstić information content (AvgIpc) is 2.71. The number of rotatable bonds is 4. The number of halogens is 3. The Morgan fingerprint density at radius 1 is 1.03 bits per heavy atom. The highest BCUT2D eigenvalue weighted by molar-refractivity contribution is 5.93. The molecular formula is C21H20F3N3O2. The van der Waals surface area contributed by atoms with Gasteiger partial charge in [0, 0.05) is 18.3 Å². The number of aryl methyl sites for hydroxylation is 1. The maximum Gasteiger partial charge on any atom is 0.416 e. The van der Waals surface area contributed by atoms with Crippen LogP contribution in [-0.2, 0) is 22.2 Å². The molecule has 0 atom stereocenters. The molecule has 0 aliphatic carbocycles. The molecule has 1 heterocycles. The minimum absolute atomic E-state index is 0.111. The summed E-state index contributed by atoms with van der Waals surface area (Å²) in [6, 6.07) is 12.3. The first-order valence-electron chi connectivity index (χ1n) is 9.10. The standard InChI is InChI=1S/C21H20F3N3O2/c22-21(23,24)17-10-7-15(8-11-17)9-12-19(28)25-26-20(29)14-27-13-3-5-16-4-1-2-6-18(16)27/h1-2,4,6-12H,3,5,13-14H2,(H,25,28)(H,26,29)/b12-9+. The van der Waals surface area contributed by atoms with Crippen LogP contribution in [0.4, 0.5) is 18.9 Å². The molecular weight excluding hydrogens is 383 g/mol. The van der Waals surface area contributed by atoms with Gasteiger partial charge in [0.25, 0.3) is 11.8 Å². The zero-order valence-corrected chi connectivity index (χ0v) is 15.5. The largest absolute Gasteiger partial charge is 0.416 e. The second-order valence-electron chi connectivity index (χ2n) is 6.64. The summed E-state index contributed by atoms with van der Waals surface area (Å²) < 4.78 is 37.6. The fourth-order valence-electron chi connectivity index (χ4n) is 3.12. The van der Waals surface area contributed by atoms with Gasteiger partial charge >= 0.3 is 6.18 Å². The van der Waals surface area contributed by atoms with Crippen molar-refractivity contribution in [2.24, 2.45) is 0 Å². The number of carbonyl (C=O) groups excluding carboxylic acids is 2. The molecule has 0 aromatic heterocycles. The predicted molar refractivity (Wildman–Crippen MR) is 104 cm³/mol. The van der Waals surface area contributed by atoms with Gasteiger partial charge in [0.15, 0.2) is 0 Å². The Labute approximate surface area is 166 Å². The van der Waals surface area contributed by atoms with Crippen LogP contribution in [0.1, 0.15) is 23.1 Å². The van der Waals surface area contributed by atoms with E-state index in [1.807, 2.05) is 29.2 Å². The molecule has 0 spiro atoms. The van der Waals surface area contributed by atoms with Crippen molar-refractivity contribution in [1.82, 2.24) is 10.9 Å². The molecule has 0 bridgehead atoms. The smallest absolute Gasteiger partial charge is 0.362 e. The van der Waals surface area contributed by atoms with E-state index in [9.17, 15) is 22.8 Å². The number of hydrogen-bond acceptors (Lipinski definition) is 3. The van der Waals surface area contributed by atoms with Crippen LogP contribution in [-0.4, -0.2) is 24.9 Å². The van der Waals surface area contributed by atoms with Crippen molar-refractivity contribution in [3.63, 3.8) is 0 Å². The average molecular weight is 403 g/mol. The first-order valence-corrected chi connectivity index (χ1v) is 9.10. The van der Waals surface area contributed by atoms with Crippen molar-refractivity contribution in [3.8, 4) is 0 Å². The number of anilines is 1. The summed E-state index contributed by atoms with van der Waals surface area (Å²) >= 11 is 0. The Hall–Kier alpha value is -3.29. The van der Waals surface area contributed by atoms with Gasteiger partial charge in [-0.3, -0.25) is 20.4 Å². The first-order chi connectivity index (χ1) is 13.8. The second-order valence-corrected chi connectivity index (χ2v) is 6.64. The molecule has 152 valence electrons. The highest BCUT2D eigenvalue weighted by Crippen LogP contribution is 2.29. The molecule has 8 heteroatoms. The number of benzene rings is 2. The molecule has 0 unspecified atom stereocenters. The van der Waals surface area contributed by atoms with Gasteiger partial charge in [-0.25, -0.2) is 0 Å². The van der Waals surface area contributed by atoms with E-state index in [0.29, 0.717) is 5.56 Å². The molecule has 2 aromatic rings. The van der Waals surface area contributed by atoms with Crippen LogP contribution in [0, 0.1) is 0 Å². The third-order valence-corrected chi connectivity index (χ3v) is 4.53. The lowest BCUT2D eigenvalue weighted by atomic mass is 10.0. The minimum Gasteiger partial charge on any atom is -0.362 e. The van der Waals surface area contributed by atoms with E-state index in [1.165, 1.54) is 23.8 Å². The van der Waals surface area contributed by atoms with Crippen molar-refractivity contribution >= 4 is 23.6 Å². The van der Waals surface area contributed by atoms with Crippen LogP contribution in [0.15, 0.2) is 54.6 Å². The number of hydrazine groups is 1. The molecule has 29 heavy (non-hydrogen) atoms. The summed E-state index contributed by atoms with van der Waals surface area (Å²) in [5.41, 5.74) is 6.50. The summed E-state index contributed by atoms with van der Waals surface area (Å²) in [6.07, 6.45) is 0.0205. The molecule has 5 nitrogen and oxygen atoms in total. The summed E-state index contributed by atoms with van der Waals surface area (Å²) in [7, 11) is 0. The van der Waals surface area contributed by atoms with E-state index in [2.05, 4.69) is 10.9 Å². The van der Waals surface area contributed by atoms with Crippen molar-refractivity contribution in [2.45, 2.75) is 19.0 Å². The SMILES string of the molecule is O=C(/C=C/c1ccc(C(F)(F)F)cc1)NNC(=O)CN1CCCc2ccccc21. The highest BCUT2D eigenvalue weighted by Gasteiger charge is 2.29. The Balaban J connectivity index is 1.48. The Bertz CT molecular complexity index is 908. The van der Waals surface area contributed by atoms with Crippen molar-refractivity contribution in [3.05, 3.63) is 71.3 Å². The maximum absolute atomic E-state index is 12.5. The molecule has 1 aliphatic rings. The Morgan fingerprint density at radius 3 is 2.48 bits per heavy atom. The summed E-state index contributed by atoms with van der Waals surface area (Å²) in [4.78, 5) is 25.9. The number of carbonyl (C=O) groups is 2. The number of nitrogens with zero attached hydrogens (tertiary/aromatic N) is 1. The third-order valence-electron chi connectivity index (χ3n) is 4.53. The summed E-state index contributed by atoms with van der Waals surface area (Å²) in [5, 5.41) is 0. The lowest BCUT2D eigenvalue weighted by Crippen LogP contribution is -2.47. The van der Waals surface area contributed by atoms with E-state index in [0.717, 1.165) is 43.3 Å². The topological polar surface area (TPSA) is 61.4 Å². The van der Waals surface area contributed by atoms with Crippen LogP contribution < -0.4 is 15.8 Å². The molecule has 3 rings (SSSR count). The van der Waals surface area contributed by atoms with Crippen molar-refractivity contribution in [1.29, 1.82) is 0 Å². The monoisotopic (exact) mass is 403 g/mol. The zero-order chi connectivity index (χ0) is 20.9. The molecule has 1 aliphatic heterocycles. The van der Waals surface area contributed by atoms with E-state index in [4.69, 9.17) is 0 Å². The third kappa shape index (κ3) is 5.60. The molecule has 2 aromatic carbocycles. The zero-order valence-electron chi connectivity index (χ0n) is 15.5. The lowest BCUT2D eigenvalue weighted by Gasteiger charge is -2.30. The summed E-state index contributed by atoms with van der Waals surface area (Å²) in [6.45, 7) is 0.867. The fraction of sp³-hybridized carbons (Fsp3) is 0.238. The summed E-state index contributed by atoms with van der Waals surface area (Å²) in [5.74, 6) is -0.949. The Kier molecular flexibility index (Phi) is 6.21. The van der Waals surface area contributed by atoms with Gasteiger partial charge in [-0.15, -0.1) is 0 Å². The highest BCUT2D eigenvalue weighted by atomic mass is 19.4. The molecule has 2 N–H and O–H groups in total. The lowest BCUT2D eigenvalue weighted by molar-refractivity contribution is -0.137. The normalized spacial score (nSPS) is 13.8. The van der Waals surface area contributed by atoms with E-state index >= 15 is 0 Å². The Morgan fingerprint density at radius 2 is 1.76 bits per heavy atom. The van der Waals surface area contributed by atoms with Crippen molar-refractivity contribution < 1.29 is 22.8 Å². The second kappa shape index (κ2) is 8.81. The van der Waals surface area contributed by atoms with Gasteiger partial charge in [0.05, 0.1) is 12.1 Å². The van der Waals surface area contributed by atoms with Crippen LogP contribution in [0.2, 0.25) is 0 Å². The minimum atomic E-state index is -4.40. The number of nitrogens with one attached hydrogen (secondary N) is 2. The van der Waals surface area contributed by atoms with Crippen LogP contribution >= 0.6 is 0 Å². The molecule has 0 saturated carbocycles. The fourth-order valence-corrected chi connectivity index (χ4v) is 3.12. The molecule has 0 fully saturated rings. The number of amides is 2. The number of para-hydroxylation sites is 1. The molecule has 0 saturated heterocycles. The van der Waals surface area contributed by atoms with Gasteiger partial charge in [0.1, 0.15) is 0 Å².